The minimum atomic E-state index is -1.08. The van der Waals surface area contributed by atoms with Gasteiger partial charge in [-0.25, -0.2) is 4.79 Å². The zero-order chi connectivity index (χ0) is 10.5. The number of amides is 1. The van der Waals surface area contributed by atoms with Gasteiger partial charge in [-0.05, 0) is 18.3 Å². The van der Waals surface area contributed by atoms with Crippen molar-refractivity contribution in [2.24, 2.45) is 5.41 Å². The first-order chi connectivity index (χ1) is 5.85. The lowest BCUT2D eigenvalue weighted by Crippen LogP contribution is -2.37. The summed E-state index contributed by atoms with van der Waals surface area (Å²) in [4.78, 5) is 10.3. The Balaban J connectivity index is 3.79. The molecule has 0 saturated carbocycles. The monoisotopic (exact) mass is 189 g/mol. The minimum Gasteiger partial charge on any atom is -0.465 e. The van der Waals surface area contributed by atoms with E-state index >= 15 is 0 Å². The third-order valence-corrected chi connectivity index (χ3v) is 1.79. The van der Waals surface area contributed by atoms with Crippen LogP contribution in [0.5, 0.6) is 0 Å². The van der Waals surface area contributed by atoms with Crippen molar-refractivity contribution in [3.8, 4) is 0 Å². The molecule has 0 aliphatic carbocycles. The van der Waals surface area contributed by atoms with Gasteiger partial charge in [0, 0.05) is 0 Å². The Hall–Kier alpha value is -0.770. The third kappa shape index (κ3) is 7.59. The largest absolute Gasteiger partial charge is 0.465 e. The predicted octanol–water partition coefficient (Wildman–Crippen LogP) is 1.44. The van der Waals surface area contributed by atoms with Crippen LogP contribution in [0.2, 0.25) is 0 Å². The molecule has 0 aromatic heterocycles. The average molecular weight is 189 g/mol. The number of aliphatic hydroxyl groups is 1. The Labute approximate surface area is 79.0 Å². The van der Waals surface area contributed by atoms with Gasteiger partial charge in [0.15, 0.2) is 0 Å². The lowest BCUT2D eigenvalue weighted by molar-refractivity contribution is 0.171. The number of carbonyl (C=O) groups is 1. The van der Waals surface area contributed by atoms with Crippen molar-refractivity contribution in [2.45, 2.75) is 39.7 Å². The maximum Gasteiger partial charge on any atom is 0.404 e. The van der Waals surface area contributed by atoms with Gasteiger partial charge in [0.25, 0.3) is 0 Å². The Kier molecular flexibility index (Phi) is 4.77. The van der Waals surface area contributed by atoms with Gasteiger partial charge in [-0.3, -0.25) is 0 Å². The van der Waals surface area contributed by atoms with Crippen LogP contribution in [-0.4, -0.2) is 29.0 Å². The van der Waals surface area contributed by atoms with E-state index in [9.17, 15) is 4.79 Å². The predicted molar refractivity (Wildman–Crippen MR) is 50.7 cm³/mol. The molecule has 4 heteroatoms. The molecule has 1 atom stereocenters. The van der Waals surface area contributed by atoms with E-state index in [4.69, 9.17) is 10.2 Å². The summed E-state index contributed by atoms with van der Waals surface area (Å²) in [6.07, 6.45) is 0.484. The van der Waals surface area contributed by atoms with Gasteiger partial charge in [-0.1, -0.05) is 20.8 Å². The van der Waals surface area contributed by atoms with Gasteiger partial charge in [-0.15, -0.1) is 0 Å². The molecule has 0 saturated heterocycles. The lowest BCUT2D eigenvalue weighted by Gasteiger charge is -2.21. The van der Waals surface area contributed by atoms with Crippen molar-refractivity contribution >= 4 is 6.09 Å². The summed E-state index contributed by atoms with van der Waals surface area (Å²) in [5.74, 6) is 0. The van der Waals surface area contributed by atoms with E-state index in [1.54, 1.807) is 0 Å². The maximum atomic E-state index is 10.3. The summed E-state index contributed by atoms with van der Waals surface area (Å²) in [6.45, 7) is 6.12. The fourth-order valence-corrected chi connectivity index (χ4v) is 0.991. The number of rotatable bonds is 4. The summed E-state index contributed by atoms with van der Waals surface area (Å²) < 4.78 is 0. The van der Waals surface area contributed by atoms with Gasteiger partial charge < -0.3 is 15.5 Å². The number of nitrogens with one attached hydrogen (secondary N) is 1. The van der Waals surface area contributed by atoms with E-state index in [1.807, 2.05) is 0 Å². The molecule has 0 spiro atoms. The standard InChI is InChI=1S/C9H19NO3/c1-9(2,3)5-4-7(6-11)10-8(12)13/h7,10-11H,4-6H2,1-3H3,(H,12,13)/t7-/m0/s1. The molecule has 0 fully saturated rings. The topological polar surface area (TPSA) is 69.6 Å². The molecule has 0 radical (unpaired) electrons. The first-order valence-electron chi connectivity index (χ1n) is 4.45. The van der Waals surface area contributed by atoms with Crippen LogP contribution >= 0.6 is 0 Å². The average Bonchev–Trinajstić information content (AvgIpc) is 1.95. The van der Waals surface area contributed by atoms with Gasteiger partial charge in [0.2, 0.25) is 0 Å². The fourth-order valence-electron chi connectivity index (χ4n) is 0.991. The molecule has 0 heterocycles. The Morgan fingerprint density at radius 1 is 1.46 bits per heavy atom. The van der Waals surface area contributed by atoms with Crippen LogP contribution in [-0.2, 0) is 0 Å². The van der Waals surface area contributed by atoms with Gasteiger partial charge >= 0.3 is 6.09 Å². The highest BCUT2D eigenvalue weighted by atomic mass is 16.4. The SMILES string of the molecule is CC(C)(C)CC[C@@H](CO)NC(=O)O. The van der Waals surface area contributed by atoms with E-state index in [1.165, 1.54) is 0 Å². The van der Waals surface area contributed by atoms with Crippen molar-refractivity contribution < 1.29 is 15.0 Å². The molecule has 3 N–H and O–H groups in total. The molecule has 13 heavy (non-hydrogen) atoms. The van der Waals surface area contributed by atoms with Crippen molar-refractivity contribution in [1.82, 2.24) is 5.32 Å². The van der Waals surface area contributed by atoms with E-state index in [-0.39, 0.29) is 18.1 Å². The van der Waals surface area contributed by atoms with Crippen molar-refractivity contribution in [3.63, 3.8) is 0 Å². The van der Waals surface area contributed by atoms with Crippen LogP contribution < -0.4 is 5.32 Å². The molecule has 0 rings (SSSR count). The third-order valence-electron chi connectivity index (χ3n) is 1.79. The highest BCUT2D eigenvalue weighted by Crippen LogP contribution is 2.21. The smallest absolute Gasteiger partial charge is 0.404 e. The summed E-state index contributed by atoms with van der Waals surface area (Å²) in [7, 11) is 0. The summed E-state index contributed by atoms with van der Waals surface area (Å²) in [5, 5.41) is 19.5. The molecule has 0 aromatic carbocycles. The second-order valence-corrected chi connectivity index (χ2v) is 4.43. The second-order valence-electron chi connectivity index (χ2n) is 4.43. The lowest BCUT2D eigenvalue weighted by atomic mass is 9.89. The Bertz CT molecular complexity index is 163. The highest BCUT2D eigenvalue weighted by molar-refractivity contribution is 5.64. The quantitative estimate of drug-likeness (QED) is 0.626. The van der Waals surface area contributed by atoms with Crippen molar-refractivity contribution in [3.05, 3.63) is 0 Å². The van der Waals surface area contributed by atoms with Crippen LogP contribution in [0, 0.1) is 5.41 Å². The number of aliphatic hydroxyl groups excluding tert-OH is 1. The first-order valence-corrected chi connectivity index (χ1v) is 4.45. The normalized spacial score (nSPS) is 13.8. The molecule has 4 nitrogen and oxygen atoms in total. The number of hydrogen-bond acceptors (Lipinski definition) is 2. The molecule has 78 valence electrons. The highest BCUT2D eigenvalue weighted by Gasteiger charge is 2.15. The number of carboxylic acid groups (broad SMARTS) is 1. The fraction of sp³-hybridized carbons (Fsp3) is 0.889. The summed E-state index contributed by atoms with van der Waals surface area (Å²) in [5.41, 5.74) is 0.174. The van der Waals surface area contributed by atoms with Crippen LogP contribution in [0.1, 0.15) is 33.6 Å². The minimum absolute atomic E-state index is 0.137. The zero-order valence-corrected chi connectivity index (χ0v) is 8.50. The number of hydrogen-bond donors (Lipinski definition) is 3. The van der Waals surface area contributed by atoms with E-state index in [0.29, 0.717) is 6.42 Å². The van der Waals surface area contributed by atoms with Gasteiger partial charge in [0.1, 0.15) is 0 Å². The van der Waals surface area contributed by atoms with E-state index in [0.717, 1.165) is 6.42 Å². The molecule has 1 amide bonds. The molecule has 0 aliphatic rings. The van der Waals surface area contributed by atoms with E-state index < -0.39 is 6.09 Å². The van der Waals surface area contributed by atoms with Crippen LogP contribution in [0.25, 0.3) is 0 Å². The van der Waals surface area contributed by atoms with Crippen molar-refractivity contribution in [2.75, 3.05) is 6.61 Å². The van der Waals surface area contributed by atoms with Crippen molar-refractivity contribution in [1.29, 1.82) is 0 Å². The molecule has 0 aromatic rings. The molecule has 0 unspecified atom stereocenters. The first kappa shape index (κ1) is 12.2. The summed E-state index contributed by atoms with van der Waals surface area (Å²) >= 11 is 0. The van der Waals surface area contributed by atoms with E-state index in [2.05, 4.69) is 26.1 Å². The zero-order valence-electron chi connectivity index (χ0n) is 8.50. The summed E-state index contributed by atoms with van der Waals surface area (Å²) in [6, 6.07) is -0.336. The second kappa shape index (κ2) is 5.07. The van der Waals surface area contributed by atoms with Crippen LogP contribution in [0.15, 0.2) is 0 Å². The molecular formula is C9H19NO3. The Morgan fingerprint density at radius 3 is 2.31 bits per heavy atom. The maximum absolute atomic E-state index is 10.3. The molecule has 0 bridgehead atoms. The van der Waals surface area contributed by atoms with Gasteiger partial charge in [0.05, 0.1) is 12.6 Å². The van der Waals surface area contributed by atoms with Crippen LogP contribution in [0.4, 0.5) is 4.79 Å². The molecule has 0 aliphatic heterocycles. The van der Waals surface area contributed by atoms with Gasteiger partial charge in [-0.2, -0.15) is 0 Å². The van der Waals surface area contributed by atoms with Crippen LogP contribution in [0.3, 0.4) is 0 Å². The Morgan fingerprint density at radius 2 is 2.00 bits per heavy atom. The molecular weight excluding hydrogens is 170 g/mol.